The maximum absolute atomic E-state index is 12.3. The van der Waals surface area contributed by atoms with E-state index in [4.69, 9.17) is 0 Å². The van der Waals surface area contributed by atoms with Crippen LogP contribution in [0.2, 0.25) is 0 Å². The van der Waals surface area contributed by atoms with Gasteiger partial charge in [-0.05, 0) is 30.7 Å². The Morgan fingerprint density at radius 1 is 1.62 bits per heavy atom. The lowest BCUT2D eigenvalue weighted by atomic mass is 9.80. The summed E-state index contributed by atoms with van der Waals surface area (Å²) in [6.45, 7) is 5.64. The zero-order chi connectivity index (χ0) is 15.5. The molecular weight excluding hydrogens is 272 g/mol. The number of pyridine rings is 1. The summed E-state index contributed by atoms with van der Waals surface area (Å²) < 4.78 is 0. The molecule has 0 bridgehead atoms. The summed E-state index contributed by atoms with van der Waals surface area (Å²) >= 11 is 0. The molecule has 1 aromatic heterocycles. The number of likely N-dealkylation sites (tertiary alicyclic amines) is 1. The normalized spacial score (nSPS) is 21.9. The zero-order valence-corrected chi connectivity index (χ0v) is 12.3. The van der Waals surface area contributed by atoms with E-state index in [1.54, 1.807) is 4.90 Å². The Balaban J connectivity index is 2.10. The molecule has 21 heavy (non-hydrogen) atoms. The van der Waals surface area contributed by atoms with Crippen molar-refractivity contribution in [1.29, 1.82) is 0 Å². The summed E-state index contributed by atoms with van der Waals surface area (Å²) in [6.07, 6.45) is 5.63. The van der Waals surface area contributed by atoms with Crippen molar-refractivity contribution in [3.05, 3.63) is 28.6 Å². The van der Waals surface area contributed by atoms with Gasteiger partial charge in [0.2, 0.25) is 0 Å². The topological polar surface area (TPSA) is 88.4 Å². The Hall–Kier alpha value is -2.18. The average Bonchev–Trinajstić information content (AvgIpc) is 2.47. The lowest BCUT2D eigenvalue weighted by molar-refractivity contribution is -0.384. The van der Waals surface area contributed by atoms with Crippen LogP contribution in [0, 0.1) is 15.5 Å². The second-order valence-corrected chi connectivity index (χ2v) is 5.77. The standard InChI is InChI=1S/C14H20N4O3/c1-3-14(2)6-4-8-17(10-14)13(19)16-11-5-7-15-9-12(11)18(20)21/h5,7,9H,3-4,6,8,10H2,1-2H3,(H,15,16,19)/t14-/m0/s1. The smallest absolute Gasteiger partial charge is 0.322 e. The van der Waals surface area contributed by atoms with Gasteiger partial charge in [-0.2, -0.15) is 0 Å². The summed E-state index contributed by atoms with van der Waals surface area (Å²) in [5, 5.41) is 13.6. The van der Waals surface area contributed by atoms with Crippen molar-refractivity contribution in [2.24, 2.45) is 5.41 Å². The molecule has 114 valence electrons. The molecule has 0 saturated carbocycles. The predicted molar refractivity (Wildman–Crippen MR) is 79.1 cm³/mol. The first kappa shape index (κ1) is 15.2. The number of hydrogen-bond acceptors (Lipinski definition) is 4. The summed E-state index contributed by atoms with van der Waals surface area (Å²) in [5.41, 5.74) is 0.115. The van der Waals surface area contributed by atoms with Gasteiger partial charge >= 0.3 is 11.7 Å². The lowest BCUT2D eigenvalue weighted by Crippen LogP contribution is -2.46. The van der Waals surface area contributed by atoms with E-state index in [2.05, 4.69) is 24.1 Å². The third-order valence-corrected chi connectivity index (χ3v) is 4.16. The molecule has 0 spiro atoms. The van der Waals surface area contributed by atoms with E-state index in [1.165, 1.54) is 12.3 Å². The Kier molecular flexibility index (Phi) is 4.40. The van der Waals surface area contributed by atoms with Gasteiger partial charge in [0.15, 0.2) is 0 Å². The highest BCUT2D eigenvalue weighted by atomic mass is 16.6. The number of amides is 2. The Bertz CT molecular complexity index is 549. The van der Waals surface area contributed by atoms with Gasteiger partial charge in [-0.1, -0.05) is 13.8 Å². The quantitative estimate of drug-likeness (QED) is 0.685. The minimum atomic E-state index is -0.547. The van der Waals surface area contributed by atoms with Gasteiger partial charge in [-0.15, -0.1) is 0 Å². The second kappa shape index (κ2) is 6.07. The molecule has 2 heterocycles. The van der Waals surface area contributed by atoms with Crippen LogP contribution >= 0.6 is 0 Å². The SMILES string of the molecule is CC[C@@]1(C)CCCN(C(=O)Nc2ccncc2[N+](=O)[O-])C1. The Morgan fingerprint density at radius 2 is 2.38 bits per heavy atom. The molecule has 7 nitrogen and oxygen atoms in total. The first-order valence-corrected chi connectivity index (χ1v) is 7.09. The summed E-state index contributed by atoms with van der Waals surface area (Å²) in [6, 6.07) is 1.16. The molecule has 1 saturated heterocycles. The van der Waals surface area contributed by atoms with Crippen LogP contribution in [0.3, 0.4) is 0 Å². The highest BCUT2D eigenvalue weighted by Gasteiger charge is 2.32. The van der Waals surface area contributed by atoms with Gasteiger partial charge in [0.25, 0.3) is 0 Å². The van der Waals surface area contributed by atoms with Crippen molar-refractivity contribution in [3.63, 3.8) is 0 Å². The molecule has 1 N–H and O–H groups in total. The van der Waals surface area contributed by atoms with Crippen molar-refractivity contribution in [2.75, 3.05) is 18.4 Å². The molecule has 2 amide bonds. The molecule has 0 unspecified atom stereocenters. The van der Waals surface area contributed by atoms with Crippen LogP contribution in [-0.2, 0) is 0 Å². The average molecular weight is 292 g/mol. The van der Waals surface area contributed by atoms with Crippen molar-refractivity contribution < 1.29 is 9.72 Å². The van der Waals surface area contributed by atoms with E-state index >= 15 is 0 Å². The number of anilines is 1. The summed E-state index contributed by atoms with van der Waals surface area (Å²) in [4.78, 5) is 28.2. The lowest BCUT2D eigenvalue weighted by Gasteiger charge is -2.39. The van der Waals surface area contributed by atoms with Crippen LogP contribution in [-0.4, -0.2) is 33.9 Å². The third kappa shape index (κ3) is 3.48. The molecule has 2 rings (SSSR count). The molecule has 0 aliphatic carbocycles. The largest absolute Gasteiger partial charge is 0.324 e. The highest BCUT2D eigenvalue weighted by molar-refractivity contribution is 5.91. The molecule has 1 aliphatic rings. The van der Waals surface area contributed by atoms with Crippen LogP contribution in [0.1, 0.15) is 33.1 Å². The van der Waals surface area contributed by atoms with Gasteiger partial charge in [0.05, 0.1) is 4.92 Å². The predicted octanol–water partition coefficient (Wildman–Crippen LogP) is 3.03. The van der Waals surface area contributed by atoms with Crippen LogP contribution in [0.5, 0.6) is 0 Å². The van der Waals surface area contributed by atoms with Crippen LogP contribution < -0.4 is 5.32 Å². The molecule has 1 atom stereocenters. The molecule has 7 heteroatoms. The zero-order valence-electron chi connectivity index (χ0n) is 12.3. The van der Waals surface area contributed by atoms with Crippen LogP contribution in [0.4, 0.5) is 16.2 Å². The Labute approximate surface area is 123 Å². The monoisotopic (exact) mass is 292 g/mol. The number of carbonyl (C=O) groups excluding carboxylic acids is 1. The van der Waals surface area contributed by atoms with Gasteiger partial charge in [-0.3, -0.25) is 15.1 Å². The van der Waals surface area contributed by atoms with Gasteiger partial charge in [0, 0.05) is 19.3 Å². The van der Waals surface area contributed by atoms with E-state index in [9.17, 15) is 14.9 Å². The molecular formula is C14H20N4O3. The summed E-state index contributed by atoms with van der Waals surface area (Å²) in [7, 11) is 0. The molecule has 0 radical (unpaired) electrons. The van der Waals surface area contributed by atoms with Crippen molar-refractivity contribution in [1.82, 2.24) is 9.88 Å². The van der Waals surface area contributed by atoms with Crippen molar-refractivity contribution >= 4 is 17.4 Å². The number of nitrogens with one attached hydrogen (secondary N) is 1. The first-order valence-electron chi connectivity index (χ1n) is 7.09. The fourth-order valence-electron chi connectivity index (χ4n) is 2.61. The van der Waals surface area contributed by atoms with Gasteiger partial charge < -0.3 is 10.2 Å². The highest BCUT2D eigenvalue weighted by Crippen LogP contribution is 2.33. The number of nitrogens with zero attached hydrogens (tertiary/aromatic N) is 3. The van der Waals surface area contributed by atoms with Gasteiger partial charge in [0.1, 0.15) is 11.9 Å². The minimum absolute atomic E-state index is 0.125. The number of hydrogen-bond donors (Lipinski definition) is 1. The second-order valence-electron chi connectivity index (χ2n) is 5.77. The fourth-order valence-corrected chi connectivity index (χ4v) is 2.61. The van der Waals surface area contributed by atoms with Gasteiger partial charge in [-0.25, -0.2) is 4.79 Å². The van der Waals surface area contributed by atoms with E-state index in [-0.39, 0.29) is 22.8 Å². The van der Waals surface area contributed by atoms with Crippen molar-refractivity contribution in [2.45, 2.75) is 33.1 Å². The number of aromatic nitrogens is 1. The maximum Gasteiger partial charge on any atom is 0.322 e. The molecule has 1 aliphatic heterocycles. The minimum Gasteiger partial charge on any atom is -0.324 e. The van der Waals surface area contributed by atoms with Crippen LogP contribution in [0.15, 0.2) is 18.5 Å². The van der Waals surface area contributed by atoms with E-state index in [1.807, 2.05) is 0 Å². The number of urea groups is 1. The van der Waals surface area contributed by atoms with E-state index in [0.717, 1.165) is 25.5 Å². The number of piperidine rings is 1. The van der Waals surface area contributed by atoms with E-state index < -0.39 is 4.92 Å². The number of nitro groups is 1. The number of carbonyl (C=O) groups is 1. The fraction of sp³-hybridized carbons (Fsp3) is 0.571. The molecule has 1 aromatic rings. The third-order valence-electron chi connectivity index (χ3n) is 4.16. The van der Waals surface area contributed by atoms with E-state index in [0.29, 0.717) is 13.1 Å². The van der Waals surface area contributed by atoms with Crippen molar-refractivity contribution in [3.8, 4) is 0 Å². The van der Waals surface area contributed by atoms with Crippen LogP contribution in [0.25, 0.3) is 0 Å². The molecule has 1 fully saturated rings. The summed E-state index contributed by atoms with van der Waals surface area (Å²) in [5.74, 6) is 0. The molecule has 0 aromatic carbocycles. The Morgan fingerprint density at radius 3 is 3.05 bits per heavy atom. The maximum atomic E-state index is 12.3. The number of rotatable bonds is 3. The first-order chi connectivity index (χ1) is 9.95.